The Labute approximate surface area is 114 Å². The van der Waals surface area contributed by atoms with Crippen molar-refractivity contribution in [3.05, 3.63) is 70.2 Å². The Bertz CT molecular complexity index is 522. The van der Waals surface area contributed by atoms with E-state index >= 15 is 0 Å². The zero-order chi connectivity index (χ0) is 13.0. The van der Waals surface area contributed by atoms with Gasteiger partial charge in [0.15, 0.2) is 0 Å². The van der Waals surface area contributed by atoms with Gasteiger partial charge in [0.1, 0.15) is 0 Å². The number of halogens is 1. The maximum atomic E-state index is 6.21. The molecule has 0 fully saturated rings. The van der Waals surface area contributed by atoms with E-state index in [1.165, 1.54) is 11.1 Å². The highest BCUT2D eigenvalue weighted by atomic mass is 35.5. The van der Waals surface area contributed by atoms with Gasteiger partial charge in [-0.2, -0.15) is 0 Å². The molecule has 2 heteroatoms. The topological polar surface area (TPSA) is 26.0 Å². The average molecular weight is 260 g/mol. The highest BCUT2D eigenvalue weighted by molar-refractivity contribution is 6.31. The highest BCUT2D eigenvalue weighted by Crippen LogP contribution is 2.26. The summed E-state index contributed by atoms with van der Waals surface area (Å²) in [6.45, 7) is 2.76. The van der Waals surface area contributed by atoms with E-state index in [9.17, 15) is 0 Å². The SMILES string of the molecule is Cc1ccccc1C(CN)Cc1ccccc1Cl. The van der Waals surface area contributed by atoms with Crippen LogP contribution in [0.5, 0.6) is 0 Å². The Morgan fingerprint density at radius 1 is 1.06 bits per heavy atom. The molecule has 2 aromatic rings. The van der Waals surface area contributed by atoms with Crippen LogP contribution >= 0.6 is 11.6 Å². The van der Waals surface area contributed by atoms with E-state index < -0.39 is 0 Å². The molecule has 0 aliphatic heterocycles. The lowest BCUT2D eigenvalue weighted by Gasteiger charge is -2.18. The van der Waals surface area contributed by atoms with Gasteiger partial charge < -0.3 is 5.73 Å². The molecule has 1 nitrogen and oxygen atoms in total. The van der Waals surface area contributed by atoms with Crippen LogP contribution in [0, 0.1) is 6.92 Å². The number of hydrogen-bond donors (Lipinski definition) is 1. The van der Waals surface area contributed by atoms with Crippen molar-refractivity contribution in [3.8, 4) is 0 Å². The van der Waals surface area contributed by atoms with Crippen LogP contribution in [0.15, 0.2) is 48.5 Å². The fourth-order valence-corrected chi connectivity index (χ4v) is 2.51. The molecule has 0 aliphatic rings. The fraction of sp³-hybridized carbons (Fsp3) is 0.250. The maximum Gasteiger partial charge on any atom is 0.0438 e. The summed E-state index contributed by atoms with van der Waals surface area (Å²) in [5.74, 6) is 0.325. The second-order valence-corrected chi connectivity index (χ2v) is 4.99. The minimum atomic E-state index is 0.325. The van der Waals surface area contributed by atoms with E-state index in [0.29, 0.717) is 12.5 Å². The standard InChI is InChI=1S/C16H18ClN/c1-12-6-2-4-8-15(12)14(11-18)10-13-7-3-5-9-16(13)17/h2-9,14H,10-11,18H2,1H3. The Morgan fingerprint density at radius 2 is 1.72 bits per heavy atom. The first kappa shape index (κ1) is 13.1. The molecule has 0 bridgehead atoms. The predicted octanol–water partition coefficient (Wildman–Crippen LogP) is 3.93. The van der Waals surface area contributed by atoms with Crippen LogP contribution in [-0.4, -0.2) is 6.54 Å². The first-order chi connectivity index (χ1) is 8.72. The molecule has 0 spiro atoms. The highest BCUT2D eigenvalue weighted by Gasteiger charge is 2.13. The lowest BCUT2D eigenvalue weighted by atomic mass is 9.89. The lowest BCUT2D eigenvalue weighted by molar-refractivity contribution is 0.690. The summed E-state index contributed by atoms with van der Waals surface area (Å²) in [4.78, 5) is 0. The first-order valence-electron chi connectivity index (χ1n) is 6.21. The van der Waals surface area contributed by atoms with E-state index in [4.69, 9.17) is 17.3 Å². The van der Waals surface area contributed by atoms with Gasteiger partial charge >= 0.3 is 0 Å². The van der Waals surface area contributed by atoms with E-state index in [-0.39, 0.29) is 0 Å². The molecule has 0 amide bonds. The van der Waals surface area contributed by atoms with E-state index in [1.54, 1.807) is 0 Å². The van der Waals surface area contributed by atoms with Gasteiger partial charge in [-0.05, 0) is 42.6 Å². The van der Waals surface area contributed by atoms with E-state index in [2.05, 4.69) is 37.3 Å². The van der Waals surface area contributed by atoms with Crippen molar-refractivity contribution < 1.29 is 0 Å². The molecule has 94 valence electrons. The molecule has 0 aromatic heterocycles. The third-order valence-electron chi connectivity index (χ3n) is 3.34. The molecular weight excluding hydrogens is 242 g/mol. The second kappa shape index (κ2) is 6.03. The Morgan fingerprint density at radius 3 is 2.39 bits per heavy atom. The fourth-order valence-electron chi connectivity index (χ4n) is 2.29. The van der Waals surface area contributed by atoms with Gasteiger partial charge in [0, 0.05) is 10.9 Å². The van der Waals surface area contributed by atoms with Crippen LogP contribution in [-0.2, 0) is 6.42 Å². The Balaban J connectivity index is 2.26. The molecule has 1 unspecified atom stereocenters. The van der Waals surface area contributed by atoms with Crippen molar-refractivity contribution in [2.24, 2.45) is 5.73 Å². The molecule has 2 aromatic carbocycles. The average Bonchev–Trinajstić information content (AvgIpc) is 2.39. The number of aryl methyl sites for hydroxylation is 1. The summed E-state index contributed by atoms with van der Waals surface area (Å²) >= 11 is 6.21. The minimum absolute atomic E-state index is 0.325. The lowest BCUT2D eigenvalue weighted by Crippen LogP contribution is -2.16. The number of hydrogen-bond acceptors (Lipinski definition) is 1. The smallest absolute Gasteiger partial charge is 0.0438 e. The van der Waals surface area contributed by atoms with E-state index in [1.807, 2.05) is 18.2 Å². The molecule has 0 heterocycles. The maximum absolute atomic E-state index is 6.21. The summed E-state index contributed by atoms with van der Waals surface area (Å²) < 4.78 is 0. The van der Waals surface area contributed by atoms with Crippen LogP contribution in [0.25, 0.3) is 0 Å². The van der Waals surface area contributed by atoms with Gasteiger partial charge in [0.05, 0.1) is 0 Å². The van der Waals surface area contributed by atoms with Gasteiger partial charge in [-0.1, -0.05) is 54.1 Å². The predicted molar refractivity (Wildman–Crippen MR) is 78.1 cm³/mol. The summed E-state index contributed by atoms with van der Waals surface area (Å²) in [7, 11) is 0. The van der Waals surface area contributed by atoms with Crippen LogP contribution in [0.1, 0.15) is 22.6 Å². The van der Waals surface area contributed by atoms with Gasteiger partial charge in [0.2, 0.25) is 0 Å². The number of rotatable bonds is 4. The Hall–Kier alpha value is -1.31. The third kappa shape index (κ3) is 2.92. The minimum Gasteiger partial charge on any atom is -0.330 e. The zero-order valence-electron chi connectivity index (χ0n) is 10.6. The van der Waals surface area contributed by atoms with Crippen LogP contribution < -0.4 is 5.73 Å². The van der Waals surface area contributed by atoms with Crippen molar-refractivity contribution in [2.75, 3.05) is 6.54 Å². The van der Waals surface area contributed by atoms with Crippen molar-refractivity contribution >= 4 is 11.6 Å². The first-order valence-corrected chi connectivity index (χ1v) is 6.59. The summed E-state index contributed by atoms with van der Waals surface area (Å²) in [6.07, 6.45) is 0.890. The molecule has 2 N–H and O–H groups in total. The van der Waals surface area contributed by atoms with Gasteiger partial charge in [-0.25, -0.2) is 0 Å². The van der Waals surface area contributed by atoms with E-state index in [0.717, 1.165) is 17.0 Å². The Kier molecular flexibility index (Phi) is 4.40. The molecule has 1 atom stereocenters. The van der Waals surface area contributed by atoms with Crippen LogP contribution in [0.3, 0.4) is 0 Å². The molecule has 0 radical (unpaired) electrons. The summed E-state index contributed by atoms with van der Waals surface area (Å²) in [5, 5.41) is 0.824. The summed E-state index contributed by atoms with van der Waals surface area (Å²) in [5.41, 5.74) is 9.70. The largest absolute Gasteiger partial charge is 0.330 e. The van der Waals surface area contributed by atoms with Crippen molar-refractivity contribution in [1.82, 2.24) is 0 Å². The van der Waals surface area contributed by atoms with Crippen LogP contribution in [0.4, 0.5) is 0 Å². The quantitative estimate of drug-likeness (QED) is 0.885. The summed E-state index contributed by atoms with van der Waals surface area (Å²) in [6, 6.07) is 16.4. The third-order valence-corrected chi connectivity index (χ3v) is 3.71. The normalized spacial score (nSPS) is 12.4. The zero-order valence-corrected chi connectivity index (χ0v) is 11.3. The molecule has 0 saturated carbocycles. The monoisotopic (exact) mass is 259 g/mol. The number of nitrogens with two attached hydrogens (primary N) is 1. The van der Waals surface area contributed by atoms with Crippen molar-refractivity contribution in [2.45, 2.75) is 19.3 Å². The van der Waals surface area contributed by atoms with Crippen LogP contribution in [0.2, 0.25) is 5.02 Å². The molecule has 2 rings (SSSR count). The molecule has 18 heavy (non-hydrogen) atoms. The van der Waals surface area contributed by atoms with Gasteiger partial charge in [-0.3, -0.25) is 0 Å². The van der Waals surface area contributed by atoms with Crippen molar-refractivity contribution in [3.63, 3.8) is 0 Å². The number of benzene rings is 2. The van der Waals surface area contributed by atoms with Gasteiger partial charge in [0.25, 0.3) is 0 Å². The molecule has 0 saturated heterocycles. The second-order valence-electron chi connectivity index (χ2n) is 4.58. The molecular formula is C16H18ClN. The van der Waals surface area contributed by atoms with Crippen molar-refractivity contribution in [1.29, 1.82) is 0 Å². The van der Waals surface area contributed by atoms with Gasteiger partial charge in [-0.15, -0.1) is 0 Å². The molecule has 0 aliphatic carbocycles.